The second-order valence-corrected chi connectivity index (χ2v) is 10.5. The minimum absolute atomic E-state index is 0.00314. The molecule has 0 bridgehead atoms. The van der Waals surface area contributed by atoms with Crippen molar-refractivity contribution in [2.75, 3.05) is 52.4 Å². The van der Waals surface area contributed by atoms with Crippen LogP contribution >= 0.6 is 0 Å². The van der Waals surface area contributed by atoms with Crippen LogP contribution < -0.4 is 0 Å². The second kappa shape index (κ2) is 12.6. The van der Waals surface area contributed by atoms with E-state index in [-0.39, 0.29) is 30.2 Å². The van der Waals surface area contributed by atoms with Crippen molar-refractivity contribution in [1.29, 1.82) is 0 Å². The third kappa shape index (κ3) is 6.62. The van der Waals surface area contributed by atoms with Crippen LogP contribution in [-0.4, -0.2) is 106 Å². The molecule has 2 aromatic rings. The number of nitrogens with zero attached hydrogens (tertiary/aromatic N) is 4. The van der Waals surface area contributed by atoms with E-state index in [1.54, 1.807) is 6.07 Å². The lowest BCUT2D eigenvalue weighted by atomic mass is 9.92. The highest BCUT2D eigenvalue weighted by atomic mass is 16.4. The zero-order chi connectivity index (χ0) is 27.2. The Morgan fingerprint density at radius 2 is 1.68 bits per heavy atom. The number of piperazine rings is 2. The summed E-state index contributed by atoms with van der Waals surface area (Å²) >= 11 is 0. The molecular formula is C30H40N4O4. The van der Waals surface area contributed by atoms with Gasteiger partial charge in [0.1, 0.15) is 5.75 Å². The van der Waals surface area contributed by atoms with Crippen molar-refractivity contribution in [2.45, 2.75) is 38.4 Å². The van der Waals surface area contributed by atoms with Crippen molar-refractivity contribution in [3.05, 3.63) is 77.9 Å². The van der Waals surface area contributed by atoms with E-state index in [4.69, 9.17) is 5.11 Å². The standard InChI is InChI=1S/C30H40N4O4/c1-4-12-33-20-23(3)34(21-22(33)2)29(25-8-6-10-27(35)19-25)24-7-5-9-26(18-24)30(38)32-16-14-31(15-17-32)13-11-28(36)37/h4-10,18-19,22-23,29,35H,1,11-17,20-21H2,2-3H3,(H,36,37)/t22-,23-,29?/m1/s1. The molecule has 2 aliphatic rings. The topological polar surface area (TPSA) is 87.6 Å². The molecule has 2 heterocycles. The van der Waals surface area contributed by atoms with Gasteiger partial charge in [0.05, 0.1) is 12.5 Å². The van der Waals surface area contributed by atoms with Gasteiger partial charge in [0.25, 0.3) is 5.91 Å². The van der Waals surface area contributed by atoms with Crippen molar-refractivity contribution in [2.24, 2.45) is 0 Å². The maximum absolute atomic E-state index is 13.5. The van der Waals surface area contributed by atoms with Gasteiger partial charge >= 0.3 is 5.97 Å². The first-order valence-corrected chi connectivity index (χ1v) is 13.5. The number of hydrogen-bond donors (Lipinski definition) is 2. The van der Waals surface area contributed by atoms with E-state index in [0.29, 0.717) is 44.3 Å². The van der Waals surface area contributed by atoms with E-state index in [0.717, 1.165) is 30.8 Å². The van der Waals surface area contributed by atoms with Gasteiger partial charge in [0.2, 0.25) is 0 Å². The van der Waals surface area contributed by atoms with E-state index in [9.17, 15) is 14.7 Å². The number of carbonyl (C=O) groups is 2. The van der Waals surface area contributed by atoms with Gasteiger partial charge in [-0.25, -0.2) is 0 Å². The van der Waals surface area contributed by atoms with Crippen molar-refractivity contribution >= 4 is 11.9 Å². The van der Waals surface area contributed by atoms with Crippen LogP contribution in [0.5, 0.6) is 5.75 Å². The number of phenols is 1. The highest BCUT2D eigenvalue weighted by molar-refractivity contribution is 5.94. The number of aliphatic carboxylic acids is 1. The first-order chi connectivity index (χ1) is 18.3. The summed E-state index contributed by atoms with van der Waals surface area (Å²) in [5, 5.41) is 19.3. The molecule has 0 saturated carbocycles. The van der Waals surface area contributed by atoms with Crippen LogP contribution in [0.1, 0.15) is 47.8 Å². The molecule has 8 heteroatoms. The fourth-order valence-electron chi connectivity index (χ4n) is 5.73. The Kier molecular flexibility index (Phi) is 9.20. The molecule has 2 fully saturated rings. The molecular weight excluding hydrogens is 480 g/mol. The molecule has 2 N–H and O–H groups in total. The molecule has 3 atom stereocenters. The number of phenolic OH excluding ortho intramolecular Hbond substituents is 1. The summed E-state index contributed by atoms with van der Waals surface area (Å²) in [5.41, 5.74) is 2.67. The summed E-state index contributed by atoms with van der Waals surface area (Å²) < 4.78 is 0. The number of benzene rings is 2. The third-order valence-electron chi connectivity index (χ3n) is 7.80. The average Bonchev–Trinajstić information content (AvgIpc) is 2.90. The lowest BCUT2D eigenvalue weighted by Crippen LogP contribution is -2.57. The monoisotopic (exact) mass is 520 g/mol. The normalized spacial score (nSPS) is 22.2. The van der Waals surface area contributed by atoms with Gasteiger partial charge in [-0.1, -0.05) is 30.3 Å². The van der Waals surface area contributed by atoms with Crippen LogP contribution in [0.15, 0.2) is 61.2 Å². The minimum Gasteiger partial charge on any atom is -0.508 e. The number of carbonyl (C=O) groups excluding carboxylic acids is 1. The molecule has 0 spiro atoms. The molecule has 38 heavy (non-hydrogen) atoms. The van der Waals surface area contributed by atoms with E-state index in [2.05, 4.69) is 41.2 Å². The predicted octanol–water partition coefficient (Wildman–Crippen LogP) is 3.29. The number of rotatable bonds is 9. The fraction of sp³-hybridized carbons (Fsp3) is 0.467. The molecule has 0 aliphatic carbocycles. The number of hydrogen-bond acceptors (Lipinski definition) is 6. The van der Waals surface area contributed by atoms with E-state index in [1.165, 1.54) is 0 Å². The smallest absolute Gasteiger partial charge is 0.304 e. The third-order valence-corrected chi connectivity index (χ3v) is 7.80. The van der Waals surface area contributed by atoms with Gasteiger partial charge in [-0.05, 0) is 49.2 Å². The van der Waals surface area contributed by atoms with Gasteiger partial charge in [0, 0.05) is 70.0 Å². The first kappa shape index (κ1) is 27.8. The van der Waals surface area contributed by atoms with E-state index < -0.39 is 5.97 Å². The predicted molar refractivity (Wildman–Crippen MR) is 148 cm³/mol. The summed E-state index contributed by atoms with van der Waals surface area (Å²) in [6, 6.07) is 15.8. The molecule has 1 amide bonds. The molecule has 2 aliphatic heterocycles. The van der Waals surface area contributed by atoms with Crippen molar-refractivity contribution in [3.63, 3.8) is 0 Å². The fourth-order valence-corrected chi connectivity index (χ4v) is 5.73. The summed E-state index contributed by atoms with van der Waals surface area (Å²) in [4.78, 5) is 33.2. The van der Waals surface area contributed by atoms with Crippen molar-refractivity contribution in [1.82, 2.24) is 19.6 Å². The van der Waals surface area contributed by atoms with Gasteiger partial charge in [0.15, 0.2) is 0 Å². The number of aromatic hydroxyl groups is 1. The van der Waals surface area contributed by atoms with Crippen LogP contribution in [0.2, 0.25) is 0 Å². The van der Waals surface area contributed by atoms with Crippen molar-refractivity contribution < 1.29 is 19.8 Å². The largest absolute Gasteiger partial charge is 0.508 e. The molecule has 8 nitrogen and oxygen atoms in total. The summed E-state index contributed by atoms with van der Waals surface area (Å²) in [6.45, 7) is 14.0. The molecule has 0 aromatic heterocycles. The Hall–Kier alpha value is -3.20. The van der Waals surface area contributed by atoms with Gasteiger partial charge in [-0.2, -0.15) is 0 Å². The Labute approximate surface area is 225 Å². The summed E-state index contributed by atoms with van der Waals surface area (Å²) in [7, 11) is 0. The Bertz CT molecular complexity index is 1130. The van der Waals surface area contributed by atoms with Crippen LogP contribution in [0.25, 0.3) is 0 Å². The zero-order valence-electron chi connectivity index (χ0n) is 22.5. The average molecular weight is 521 g/mol. The first-order valence-electron chi connectivity index (χ1n) is 13.5. The van der Waals surface area contributed by atoms with Gasteiger partial charge < -0.3 is 15.1 Å². The molecule has 1 unspecified atom stereocenters. The van der Waals surface area contributed by atoms with Gasteiger partial charge in [-0.15, -0.1) is 6.58 Å². The lowest BCUT2D eigenvalue weighted by molar-refractivity contribution is -0.137. The Morgan fingerprint density at radius 1 is 1.00 bits per heavy atom. The highest BCUT2D eigenvalue weighted by Crippen LogP contribution is 2.35. The SMILES string of the molecule is C=CCN1C[C@@H](C)N(C(c2cccc(O)c2)c2cccc(C(=O)N3CCN(CCC(=O)O)CC3)c2)C[C@H]1C. The maximum atomic E-state index is 13.5. The molecule has 2 saturated heterocycles. The summed E-state index contributed by atoms with van der Waals surface area (Å²) in [5.74, 6) is -0.574. The molecule has 0 radical (unpaired) electrons. The van der Waals surface area contributed by atoms with Crippen molar-refractivity contribution in [3.8, 4) is 5.75 Å². The zero-order valence-corrected chi connectivity index (χ0v) is 22.5. The van der Waals surface area contributed by atoms with Crippen LogP contribution in [0, 0.1) is 0 Å². The highest BCUT2D eigenvalue weighted by Gasteiger charge is 2.35. The van der Waals surface area contributed by atoms with Gasteiger partial charge in [-0.3, -0.25) is 24.3 Å². The number of carboxylic acid groups (broad SMARTS) is 1. The number of carboxylic acids is 1. The van der Waals surface area contributed by atoms with Crippen LogP contribution in [0.4, 0.5) is 0 Å². The molecule has 2 aromatic carbocycles. The van der Waals surface area contributed by atoms with E-state index in [1.807, 2.05) is 47.4 Å². The van der Waals surface area contributed by atoms with E-state index >= 15 is 0 Å². The second-order valence-electron chi connectivity index (χ2n) is 10.5. The van der Waals surface area contributed by atoms with Crippen LogP contribution in [-0.2, 0) is 4.79 Å². The summed E-state index contributed by atoms with van der Waals surface area (Å²) in [6.07, 6.45) is 2.07. The minimum atomic E-state index is -0.799. The maximum Gasteiger partial charge on any atom is 0.304 e. The Balaban J connectivity index is 1.57. The van der Waals surface area contributed by atoms with Crippen LogP contribution in [0.3, 0.4) is 0 Å². The Morgan fingerprint density at radius 3 is 2.34 bits per heavy atom. The molecule has 204 valence electrons. The number of amides is 1. The lowest BCUT2D eigenvalue weighted by Gasteiger charge is -2.47. The molecule has 4 rings (SSSR count). The quantitative estimate of drug-likeness (QED) is 0.491.